The zero-order chi connectivity index (χ0) is 12.4. The predicted molar refractivity (Wildman–Crippen MR) is 60.3 cm³/mol. The Kier molecular flexibility index (Phi) is 3.38. The van der Waals surface area contributed by atoms with Gasteiger partial charge in [0.2, 0.25) is 5.91 Å². The van der Waals surface area contributed by atoms with Gasteiger partial charge in [0.1, 0.15) is 11.6 Å². The minimum Gasteiger partial charge on any atom is -0.327 e. The highest BCUT2D eigenvalue weighted by molar-refractivity contribution is 5.91. The summed E-state index contributed by atoms with van der Waals surface area (Å²) in [6.07, 6.45) is 2.30. The summed E-state index contributed by atoms with van der Waals surface area (Å²) in [6.45, 7) is 0. The third kappa shape index (κ3) is 3.49. The highest BCUT2D eigenvalue weighted by Gasteiger charge is 2.29. The number of anilines is 1. The van der Waals surface area contributed by atoms with E-state index in [9.17, 15) is 13.6 Å². The molecule has 1 fully saturated rings. The number of hydrogen-bond acceptors (Lipinski definition) is 2. The van der Waals surface area contributed by atoms with Crippen molar-refractivity contribution in [1.82, 2.24) is 0 Å². The summed E-state index contributed by atoms with van der Waals surface area (Å²) in [4.78, 5) is 11.5. The quantitative estimate of drug-likeness (QED) is 0.846. The molecule has 92 valence electrons. The first-order valence-corrected chi connectivity index (χ1v) is 5.56. The van der Waals surface area contributed by atoms with E-state index in [0.717, 1.165) is 31.0 Å². The standard InChI is InChI=1S/C12H14F2N2O/c13-8-3-9(14)5-10(4-8)16-12(17)6-11(15)7-1-2-7/h3-5,7,11H,1-2,6,15H2,(H,16,17). The van der Waals surface area contributed by atoms with Crippen LogP contribution >= 0.6 is 0 Å². The molecule has 0 radical (unpaired) electrons. The average Bonchev–Trinajstić information content (AvgIpc) is 2.97. The molecular weight excluding hydrogens is 226 g/mol. The van der Waals surface area contributed by atoms with Gasteiger partial charge in [0, 0.05) is 24.2 Å². The van der Waals surface area contributed by atoms with Crippen LogP contribution in [0.4, 0.5) is 14.5 Å². The van der Waals surface area contributed by atoms with Gasteiger partial charge in [-0.25, -0.2) is 8.78 Å². The molecule has 1 aliphatic carbocycles. The molecule has 1 amide bonds. The maximum absolute atomic E-state index is 12.9. The van der Waals surface area contributed by atoms with Gasteiger partial charge in [-0.05, 0) is 30.9 Å². The molecule has 1 aromatic carbocycles. The topological polar surface area (TPSA) is 55.1 Å². The number of benzene rings is 1. The lowest BCUT2D eigenvalue weighted by molar-refractivity contribution is -0.116. The average molecular weight is 240 g/mol. The van der Waals surface area contributed by atoms with Gasteiger partial charge in [-0.1, -0.05) is 0 Å². The summed E-state index contributed by atoms with van der Waals surface area (Å²) in [7, 11) is 0. The molecule has 3 nitrogen and oxygen atoms in total. The minimum absolute atomic E-state index is 0.121. The smallest absolute Gasteiger partial charge is 0.225 e. The monoisotopic (exact) mass is 240 g/mol. The molecule has 0 heterocycles. The first-order valence-electron chi connectivity index (χ1n) is 5.56. The van der Waals surface area contributed by atoms with Gasteiger partial charge in [0.25, 0.3) is 0 Å². The number of halogens is 2. The molecule has 1 saturated carbocycles. The Bertz CT molecular complexity index is 412. The molecule has 0 spiro atoms. The van der Waals surface area contributed by atoms with Gasteiger partial charge in [0.15, 0.2) is 0 Å². The maximum Gasteiger partial charge on any atom is 0.225 e. The van der Waals surface area contributed by atoms with Gasteiger partial charge in [0.05, 0.1) is 0 Å². The summed E-state index contributed by atoms with van der Waals surface area (Å²) < 4.78 is 25.7. The number of amides is 1. The van der Waals surface area contributed by atoms with Gasteiger partial charge in [-0.15, -0.1) is 0 Å². The number of hydrogen-bond donors (Lipinski definition) is 2. The molecule has 1 aromatic rings. The fourth-order valence-electron chi connectivity index (χ4n) is 1.74. The van der Waals surface area contributed by atoms with Crippen molar-refractivity contribution in [2.45, 2.75) is 25.3 Å². The van der Waals surface area contributed by atoms with Gasteiger partial charge >= 0.3 is 0 Å². The van der Waals surface area contributed by atoms with Crippen molar-refractivity contribution in [2.75, 3.05) is 5.32 Å². The molecule has 1 aliphatic rings. The van der Waals surface area contributed by atoms with Crippen LogP contribution in [0.5, 0.6) is 0 Å². The van der Waals surface area contributed by atoms with E-state index in [4.69, 9.17) is 5.73 Å². The summed E-state index contributed by atoms with van der Waals surface area (Å²) in [5, 5.41) is 2.44. The lowest BCUT2D eigenvalue weighted by atomic mass is 10.1. The fourth-order valence-corrected chi connectivity index (χ4v) is 1.74. The van der Waals surface area contributed by atoms with Crippen LogP contribution in [0.1, 0.15) is 19.3 Å². The zero-order valence-corrected chi connectivity index (χ0v) is 9.25. The van der Waals surface area contributed by atoms with Crippen LogP contribution in [0, 0.1) is 17.6 Å². The molecular formula is C12H14F2N2O. The number of rotatable bonds is 4. The van der Waals surface area contributed by atoms with E-state index in [2.05, 4.69) is 5.32 Å². The lowest BCUT2D eigenvalue weighted by Crippen LogP contribution is -2.28. The normalized spacial score (nSPS) is 16.6. The SMILES string of the molecule is NC(CC(=O)Nc1cc(F)cc(F)c1)C1CC1. The predicted octanol–water partition coefficient (Wildman–Crippen LogP) is 2.03. The fraction of sp³-hybridized carbons (Fsp3) is 0.417. The van der Waals surface area contributed by atoms with E-state index in [1.54, 1.807) is 0 Å². The van der Waals surface area contributed by atoms with E-state index in [1.165, 1.54) is 0 Å². The second-order valence-corrected chi connectivity index (χ2v) is 4.41. The van der Waals surface area contributed by atoms with Crippen molar-refractivity contribution in [3.05, 3.63) is 29.8 Å². The number of nitrogens with two attached hydrogens (primary N) is 1. The van der Waals surface area contributed by atoms with E-state index < -0.39 is 11.6 Å². The third-order valence-electron chi connectivity index (χ3n) is 2.79. The van der Waals surface area contributed by atoms with E-state index in [1.807, 2.05) is 0 Å². The molecule has 1 unspecified atom stereocenters. The van der Waals surface area contributed by atoms with Crippen LogP contribution in [-0.4, -0.2) is 11.9 Å². The molecule has 2 rings (SSSR count). The van der Waals surface area contributed by atoms with Crippen LogP contribution in [0.25, 0.3) is 0 Å². The van der Waals surface area contributed by atoms with Gasteiger partial charge in [-0.2, -0.15) is 0 Å². The maximum atomic E-state index is 12.9. The molecule has 0 aliphatic heterocycles. The van der Waals surface area contributed by atoms with Crippen LogP contribution in [0.15, 0.2) is 18.2 Å². The molecule has 0 aromatic heterocycles. The van der Waals surface area contributed by atoms with Crippen LogP contribution in [0.2, 0.25) is 0 Å². The third-order valence-corrected chi connectivity index (χ3v) is 2.79. The van der Waals surface area contributed by atoms with Gasteiger partial charge < -0.3 is 11.1 Å². The van der Waals surface area contributed by atoms with Crippen LogP contribution in [-0.2, 0) is 4.79 Å². The van der Waals surface area contributed by atoms with E-state index in [0.29, 0.717) is 5.92 Å². The number of nitrogens with one attached hydrogen (secondary N) is 1. The summed E-state index contributed by atoms with van der Waals surface area (Å²) in [5.74, 6) is -1.32. The second kappa shape index (κ2) is 4.79. The Balaban J connectivity index is 1.92. The highest BCUT2D eigenvalue weighted by Crippen LogP contribution is 2.32. The Morgan fingerprint density at radius 3 is 2.47 bits per heavy atom. The van der Waals surface area contributed by atoms with Crippen molar-refractivity contribution in [3.63, 3.8) is 0 Å². The Morgan fingerprint density at radius 2 is 1.94 bits per heavy atom. The first kappa shape index (κ1) is 12.0. The summed E-state index contributed by atoms with van der Waals surface area (Å²) in [5.41, 5.74) is 5.91. The molecule has 5 heteroatoms. The summed E-state index contributed by atoms with van der Waals surface area (Å²) in [6, 6.07) is 2.74. The Morgan fingerprint density at radius 1 is 1.35 bits per heavy atom. The van der Waals surface area contributed by atoms with Crippen LogP contribution < -0.4 is 11.1 Å². The Hall–Kier alpha value is -1.49. The zero-order valence-electron chi connectivity index (χ0n) is 9.25. The lowest BCUT2D eigenvalue weighted by Gasteiger charge is -2.10. The van der Waals surface area contributed by atoms with Crippen molar-refractivity contribution in [1.29, 1.82) is 0 Å². The first-order chi connectivity index (χ1) is 8.04. The van der Waals surface area contributed by atoms with Crippen molar-refractivity contribution in [2.24, 2.45) is 11.7 Å². The largest absolute Gasteiger partial charge is 0.327 e. The van der Waals surface area contributed by atoms with Crippen molar-refractivity contribution in [3.8, 4) is 0 Å². The van der Waals surface area contributed by atoms with Crippen molar-refractivity contribution >= 4 is 11.6 Å². The highest BCUT2D eigenvalue weighted by atomic mass is 19.1. The number of carbonyl (C=O) groups excluding carboxylic acids is 1. The second-order valence-electron chi connectivity index (χ2n) is 4.41. The number of carbonyl (C=O) groups is 1. The summed E-state index contributed by atoms with van der Waals surface area (Å²) >= 11 is 0. The Labute approximate surface area is 98.0 Å². The molecule has 17 heavy (non-hydrogen) atoms. The minimum atomic E-state index is -0.716. The van der Waals surface area contributed by atoms with E-state index in [-0.39, 0.29) is 24.1 Å². The molecule has 0 bridgehead atoms. The van der Waals surface area contributed by atoms with Crippen LogP contribution in [0.3, 0.4) is 0 Å². The molecule has 0 saturated heterocycles. The van der Waals surface area contributed by atoms with Gasteiger partial charge in [-0.3, -0.25) is 4.79 Å². The molecule has 1 atom stereocenters. The van der Waals surface area contributed by atoms with E-state index >= 15 is 0 Å². The van der Waals surface area contributed by atoms with Crippen molar-refractivity contribution < 1.29 is 13.6 Å². The molecule has 3 N–H and O–H groups in total.